The van der Waals surface area contributed by atoms with E-state index in [1.54, 1.807) is 30.6 Å². The van der Waals surface area contributed by atoms with Crippen molar-refractivity contribution in [2.75, 3.05) is 7.11 Å². The summed E-state index contributed by atoms with van der Waals surface area (Å²) >= 11 is 0. The number of ether oxygens (including phenoxy) is 1. The fourth-order valence-electron chi connectivity index (χ4n) is 1.46. The van der Waals surface area contributed by atoms with Gasteiger partial charge in [0.15, 0.2) is 0 Å². The van der Waals surface area contributed by atoms with E-state index in [2.05, 4.69) is 9.97 Å². The Morgan fingerprint density at radius 3 is 2.47 bits per heavy atom. The molecule has 0 atom stereocenters. The van der Waals surface area contributed by atoms with Gasteiger partial charge in [0.2, 0.25) is 11.6 Å². The Hall–Kier alpha value is -2.23. The van der Waals surface area contributed by atoms with Crippen LogP contribution in [-0.4, -0.2) is 22.9 Å². The third kappa shape index (κ3) is 2.30. The zero-order valence-electron chi connectivity index (χ0n) is 9.68. The molecule has 0 unspecified atom stereocenters. The average molecular weight is 228 g/mol. The first kappa shape index (κ1) is 11.3. The number of rotatable bonds is 3. The van der Waals surface area contributed by atoms with Crippen molar-refractivity contribution < 1.29 is 9.53 Å². The standard InChI is InChI=1S/C13H12N2O2/c1-9-7-14-13(15-8-9)12(16)10-5-3-4-6-11(10)17-2/h3-8H,1-2H3. The molecule has 0 N–H and O–H groups in total. The van der Waals surface area contributed by atoms with Crippen LogP contribution < -0.4 is 4.74 Å². The van der Waals surface area contributed by atoms with Gasteiger partial charge in [-0.25, -0.2) is 9.97 Å². The summed E-state index contributed by atoms with van der Waals surface area (Å²) in [6, 6.07) is 7.03. The number of aromatic nitrogens is 2. The molecule has 2 aromatic rings. The highest BCUT2D eigenvalue weighted by molar-refractivity contribution is 6.08. The maximum atomic E-state index is 12.1. The molecular formula is C13H12N2O2. The molecular weight excluding hydrogens is 216 g/mol. The zero-order valence-corrected chi connectivity index (χ0v) is 9.68. The van der Waals surface area contributed by atoms with Crippen molar-refractivity contribution in [3.8, 4) is 5.75 Å². The third-order valence-corrected chi connectivity index (χ3v) is 2.34. The third-order valence-electron chi connectivity index (χ3n) is 2.34. The minimum Gasteiger partial charge on any atom is -0.496 e. The Labute approximate surface area is 99.3 Å². The second-order valence-corrected chi connectivity index (χ2v) is 3.61. The summed E-state index contributed by atoms with van der Waals surface area (Å²) in [5.41, 5.74) is 1.39. The van der Waals surface area contributed by atoms with E-state index in [-0.39, 0.29) is 11.6 Å². The largest absolute Gasteiger partial charge is 0.496 e. The summed E-state index contributed by atoms with van der Waals surface area (Å²) in [7, 11) is 1.53. The summed E-state index contributed by atoms with van der Waals surface area (Å²) in [5.74, 6) is 0.476. The summed E-state index contributed by atoms with van der Waals surface area (Å²) in [6.07, 6.45) is 3.24. The molecule has 86 valence electrons. The summed E-state index contributed by atoms with van der Waals surface area (Å²) in [6.45, 7) is 1.87. The van der Waals surface area contributed by atoms with Crippen LogP contribution in [-0.2, 0) is 0 Å². The number of carbonyl (C=O) groups is 1. The smallest absolute Gasteiger partial charge is 0.233 e. The number of methoxy groups -OCH3 is 1. The van der Waals surface area contributed by atoms with Crippen molar-refractivity contribution in [3.05, 3.63) is 53.6 Å². The lowest BCUT2D eigenvalue weighted by Gasteiger charge is -2.05. The molecule has 2 rings (SSSR count). The molecule has 0 saturated carbocycles. The van der Waals surface area contributed by atoms with E-state index in [9.17, 15) is 4.79 Å². The van der Waals surface area contributed by atoms with Crippen molar-refractivity contribution in [3.63, 3.8) is 0 Å². The van der Waals surface area contributed by atoms with Crippen molar-refractivity contribution in [1.82, 2.24) is 9.97 Å². The lowest BCUT2D eigenvalue weighted by molar-refractivity contribution is 0.102. The van der Waals surface area contributed by atoms with Crippen LogP contribution in [0, 0.1) is 6.92 Å². The number of benzene rings is 1. The molecule has 0 aliphatic heterocycles. The predicted molar refractivity (Wildman–Crippen MR) is 63.2 cm³/mol. The first-order chi connectivity index (χ1) is 8.22. The maximum Gasteiger partial charge on any atom is 0.233 e. The summed E-state index contributed by atoms with van der Waals surface area (Å²) in [5, 5.41) is 0. The number of ketones is 1. The first-order valence-corrected chi connectivity index (χ1v) is 5.18. The maximum absolute atomic E-state index is 12.1. The van der Waals surface area contributed by atoms with Crippen LogP contribution >= 0.6 is 0 Å². The summed E-state index contributed by atoms with van der Waals surface area (Å²) in [4.78, 5) is 20.2. The van der Waals surface area contributed by atoms with Crippen molar-refractivity contribution in [2.45, 2.75) is 6.92 Å². The molecule has 0 bridgehead atoms. The SMILES string of the molecule is COc1ccccc1C(=O)c1ncc(C)cn1. The minimum atomic E-state index is -0.234. The van der Waals surface area contributed by atoms with Crippen LogP contribution in [0.3, 0.4) is 0 Å². The van der Waals surface area contributed by atoms with E-state index >= 15 is 0 Å². The molecule has 1 heterocycles. The zero-order chi connectivity index (χ0) is 12.3. The number of nitrogens with zero attached hydrogens (tertiary/aromatic N) is 2. The molecule has 0 aliphatic carbocycles. The van der Waals surface area contributed by atoms with Crippen LogP contribution in [0.4, 0.5) is 0 Å². The molecule has 0 saturated heterocycles. The van der Waals surface area contributed by atoms with Gasteiger partial charge in [-0.1, -0.05) is 12.1 Å². The molecule has 0 fully saturated rings. The molecule has 4 nitrogen and oxygen atoms in total. The number of aryl methyl sites for hydroxylation is 1. The van der Waals surface area contributed by atoms with E-state index in [4.69, 9.17) is 4.74 Å². The molecule has 1 aromatic carbocycles. The second kappa shape index (κ2) is 4.74. The van der Waals surface area contributed by atoms with Crippen LogP contribution in [0.25, 0.3) is 0 Å². The van der Waals surface area contributed by atoms with Crippen LogP contribution in [0.2, 0.25) is 0 Å². The topological polar surface area (TPSA) is 52.1 Å². The van der Waals surface area contributed by atoms with Crippen molar-refractivity contribution >= 4 is 5.78 Å². The Morgan fingerprint density at radius 1 is 1.18 bits per heavy atom. The highest BCUT2D eigenvalue weighted by Gasteiger charge is 2.15. The van der Waals surface area contributed by atoms with Crippen molar-refractivity contribution in [2.24, 2.45) is 0 Å². The van der Waals surface area contributed by atoms with E-state index in [1.807, 2.05) is 13.0 Å². The molecule has 17 heavy (non-hydrogen) atoms. The lowest BCUT2D eigenvalue weighted by atomic mass is 10.1. The Balaban J connectivity index is 2.40. The van der Waals surface area contributed by atoms with Gasteiger partial charge in [0.25, 0.3) is 0 Å². The fourth-order valence-corrected chi connectivity index (χ4v) is 1.46. The van der Waals surface area contributed by atoms with Gasteiger partial charge in [-0.05, 0) is 24.6 Å². The molecule has 1 aromatic heterocycles. The molecule has 0 amide bonds. The highest BCUT2D eigenvalue weighted by Crippen LogP contribution is 2.19. The first-order valence-electron chi connectivity index (χ1n) is 5.18. The van der Waals surface area contributed by atoms with Gasteiger partial charge in [0.1, 0.15) is 5.75 Å². The fraction of sp³-hybridized carbons (Fsp3) is 0.154. The van der Waals surface area contributed by atoms with Gasteiger partial charge in [-0.15, -0.1) is 0 Å². The highest BCUT2D eigenvalue weighted by atomic mass is 16.5. The van der Waals surface area contributed by atoms with E-state index in [0.29, 0.717) is 11.3 Å². The van der Waals surface area contributed by atoms with E-state index in [0.717, 1.165) is 5.56 Å². The average Bonchev–Trinajstić information content (AvgIpc) is 2.39. The molecule has 0 spiro atoms. The molecule has 4 heteroatoms. The predicted octanol–water partition coefficient (Wildman–Crippen LogP) is 2.02. The number of hydrogen-bond acceptors (Lipinski definition) is 4. The monoisotopic (exact) mass is 228 g/mol. The quantitative estimate of drug-likeness (QED) is 0.754. The lowest BCUT2D eigenvalue weighted by Crippen LogP contribution is -2.08. The number of hydrogen-bond donors (Lipinski definition) is 0. The summed E-state index contributed by atoms with van der Waals surface area (Å²) < 4.78 is 5.14. The van der Waals surface area contributed by atoms with Gasteiger partial charge in [-0.2, -0.15) is 0 Å². The van der Waals surface area contributed by atoms with E-state index < -0.39 is 0 Å². The minimum absolute atomic E-state index is 0.181. The van der Waals surface area contributed by atoms with Gasteiger partial charge < -0.3 is 4.74 Å². The Morgan fingerprint density at radius 2 is 1.82 bits per heavy atom. The second-order valence-electron chi connectivity index (χ2n) is 3.61. The van der Waals surface area contributed by atoms with Crippen LogP contribution in [0.15, 0.2) is 36.7 Å². The molecule has 0 radical (unpaired) electrons. The van der Waals surface area contributed by atoms with E-state index in [1.165, 1.54) is 7.11 Å². The van der Waals surface area contributed by atoms with Gasteiger partial charge in [0, 0.05) is 12.4 Å². The Kier molecular flexibility index (Phi) is 3.14. The Bertz CT molecular complexity index is 535. The normalized spacial score (nSPS) is 10.0. The molecule has 0 aliphatic rings. The van der Waals surface area contributed by atoms with Gasteiger partial charge in [0.05, 0.1) is 12.7 Å². The van der Waals surface area contributed by atoms with Gasteiger partial charge >= 0.3 is 0 Å². The van der Waals surface area contributed by atoms with Gasteiger partial charge in [-0.3, -0.25) is 4.79 Å². The number of carbonyl (C=O) groups excluding carboxylic acids is 1. The van der Waals surface area contributed by atoms with Crippen LogP contribution in [0.5, 0.6) is 5.75 Å². The van der Waals surface area contributed by atoms with Crippen LogP contribution in [0.1, 0.15) is 21.7 Å². The van der Waals surface area contributed by atoms with Crippen molar-refractivity contribution in [1.29, 1.82) is 0 Å². The number of para-hydroxylation sites is 1.